The summed E-state index contributed by atoms with van der Waals surface area (Å²) in [5, 5.41) is 9.88. The van der Waals surface area contributed by atoms with E-state index < -0.39 is 0 Å². The van der Waals surface area contributed by atoms with Crippen molar-refractivity contribution in [2.24, 2.45) is 0 Å². The molecule has 1 heterocycles. The van der Waals surface area contributed by atoms with Crippen molar-refractivity contribution in [3.63, 3.8) is 0 Å². The highest BCUT2D eigenvalue weighted by Crippen LogP contribution is 2.27. The second-order valence-corrected chi connectivity index (χ2v) is 3.65. The Bertz CT molecular complexity index is 468. The summed E-state index contributed by atoms with van der Waals surface area (Å²) >= 11 is 11.8. The molecule has 0 fully saturated rings. The van der Waals surface area contributed by atoms with Gasteiger partial charge < -0.3 is 0 Å². The van der Waals surface area contributed by atoms with E-state index in [0.29, 0.717) is 15.6 Å². The number of halogens is 2. The standard InChI is InChI=1S/C9H6Cl2N2/c1-5-4-12-13-9-7(5)2-6(10)3-8(9)11/h2-4H,1H3. The minimum atomic E-state index is 0.540. The minimum absolute atomic E-state index is 0.540. The van der Waals surface area contributed by atoms with E-state index in [1.807, 2.05) is 13.0 Å². The zero-order chi connectivity index (χ0) is 9.42. The molecule has 0 saturated carbocycles. The van der Waals surface area contributed by atoms with Crippen LogP contribution < -0.4 is 0 Å². The summed E-state index contributed by atoms with van der Waals surface area (Å²) in [4.78, 5) is 0. The first kappa shape index (κ1) is 8.73. The van der Waals surface area contributed by atoms with Gasteiger partial charge in [0.1, 0.15) is 5.52 Å². The third-order valence-corrected chi connectivity index (χ3v) is 2.37. The molecule has 0 unspecified atom stereocenters. The van der Waals surface area contributed by atoms with Crippen LogP contribution in [0.25, 0.3) is 10.9 Å². The number of fused-ring (bicyclic) bond motifs is 1. The van der Waals surface area contributed by atoms with Crippen LogP contribution in [-0.4, -0.2) is 10.2 Å². The van der Waals surface area contributed by atoms with Crippen molar-refractivity contribution in [3.05, 3.63) is 33.9 Å². The van der Waals surface area contributed by atoms with Crippen molar-refractivity contribution < 1.29 is 0 Å². The van der Waals surface area contributed by atoms with Gasteiger partial charge in [0, 0.05) is 10.4 Å². The molecule has 0 spiro atoms. The molecule has 2 nitrogen and oxygen atoms in total. The van der Waals surface area contributed by atoms with Gasteiger partial charge in [-0.25, -0.2) is 0 Å². The van der Waals surface area contributed by atoms with E-state index >= 15 is 0 Å². The van der Waals surface area contributed by atoms with Crippen molar-refractivity contribution in [1.82, 2.24) is 10.2 Å². The molecule has 1 aromatic carbocycles. The molecule has 2 rings (SSSR count). The Balaban J connectivity index is 2.94. The van der Waals surface area contributed by atoms with Gasteiger partial charge in [0.25, 0.3) is 0 Å². The molecule has 1 aromatic heterocycles. The Morgan fingerprint density at radius 3 is 2.77 bits per heavy atom. The average molecular weight is 213 g/mol. The summed E-state index contributed by atoms with van der Waals surface area (Å²) in [6, 6.07) is 3.51. The molecule has 0 atom stereocenters. The lowest BCUT2D eigenvalue weighted by atomic mass is 10.1. The Labute approximate surface area is 85.5 Å². The first-order valence-corrected chi connectivity index (χ1v) is 4.51. The molecule has 2 aromatic rings. The fourth-order valence-electron chi connectivity index (χ4n) is 1.21. The fourth-order valence-corrected chi connectivity index (χ4v) is 1.74. The number of aryl methyl sites for hydroxylation is 1. The largest absolute Gasteiger partial charge is 0.158 e. The maximum atomic E-state index is 5.95. The Hall–Kier alpha value is -0.860. The predicted molar refractivity (Wildman–Crippen MR) is 54.3 cm³/mol. The minimum Gasteiger partial charge on any atom is -0.158 e. The van der Waals surface area contributed by atoms with Gasteiger partial charge >= 0.3 is 0 Å². The molecule has 0 saturated heterocycles. The van der Waals surface area contributed by atoms with E-state index in [-0.39, 0.29) is 0 Å². The number of hydrogen-bond acceptors (Lipinski definition) is 2. The lowest BCUT2D eigenvalue weighted by Crippen LogP contribution is -1.87. The van der Waals surface area contributed by atoms with Crippen molar-refractivity contribution in [3.8, 4) is 0 Å². The average Bonchev–Trinajstić information content (AvgIpc) is 2.07. The normalized spacial score (nSPS) is 10.7. The third-order valence-electron chi connectivity index (χ3n) is 1.86. The van der Waals surface area contributed by atoms with Gasteiger partial charge in [-0.05, 0) is 24.6 Å². The van der Waals surface area contributed by atoms with Crippen molar-refractivity contribution in [1.29, 1.82) is 0 Å². The van der Waals surface area contributed by atoms with Gasteiger partial charge in [-0.2, -0.15) is 5.10 Å². The van der Waals surface area contributed by atoms with Crippen LogP contribution in [0.2, 0.25) is 10.0 Å². The van der Waals surface area contributed by atoms with Gasteiger partial charge in [0.15, 0.2) is 0 Å². The van der Waals surface area contributed by atoms with Crippen LogP contribution in [0.1, 0.15) is 5.56 Å². The quantitative estimate of drug-likeness (QED) is 0.671. The summed E-state index contributed by atoms with van der Waals surface area (Å²) in [5.74, 6) is 0. The third kappa shape index (κ3) is 1.47. The second-order valence-electron chi connectivity index (χ2n) is 2.81. The number of benzene rings is 1. The zero-order valence-electron chi connectivity index (χ0n) is 6.88. The van der Waals surface area contributed by atoms with Gasteiger partial charge in [-0.15, -0.1) is 5.10 Å². The highest BCUT2D eigenvalue weighted by Gasteiger charge is 2.04. The summed E-state index contributed by atoms with van der Waals surface area (Å²) in [6.45, 7) is 1.95. The number of aromatic nitrogens is 2. The molecule has 66 valence electrons. The van der Waals surface area contributed by atoms with Crippen LogP contribution in [0.5, 0.6) is 0 Å². The van der Waals surface area contributed by atoms with E-state index in [4.69, 9.17) is 23.2 Å². The van der Waals surface area contributed by atoms with E-state index in [0.717, 1.165) is 10.9 Å². The summed E-state index contributed by atoms with van der Waals surface area (Å²) < 4.78 is 0. The van der Waals surface area contributed by atoms with Crippen LogP contribution in [-0.2, 0) is 0 Å². The van der Waals surface area contributed by atoms with Gasteiger partial charge in [-0.3, -0.25) is 0 Å². The lowest BCUT2D eigenvalue weighted by Gasteiger charge is -2.01. The van der Waals surface area contributed by atoms with Crippen LogP contribution in [0.4, 0.5) is 0 Å². The Kier molecular flexibility index (Phi) is 2.10. The predicted octanol–water partition coefficient (Wildman–Crippen LogP) is 3.25. The maximum absolute atomic E-state index is 5.95. The van der Waals surface area contributed by atoms with Gasteiger partial charge in [0.2, 0.25) is 0 Å². The molecule has 0 radical (unpaired) electrons. The SMILES string of the molecule is Cc1cnnc2c(Cl)cc(Cl)cc12. The first-order chi connectivity index (χ1) is 6.18. The molecule has 0 aliphatic rings. The molecule has 4 heteroatoms. The highest BCUT2D eigenvalue weighted by atomic mass is 35.5. The summed E-state index contributed by atoms with van der Waals surface area (Å²) in [5.41, 5.74) is 1.72. The lowest BCUT2D eigenvalue weighted by molar-refractivity contribution is 1.06. The maximum Gasteiger partial charge on any atom is 0.112 e. The molecule has 13 heavy (non-hydrogen) atoms. The molecule has 0 bridgehead atoms. The van der Waals surface area contributed by atoms with Crippen molar-refractivity contribution in [2.45, 2.75) is 6.92 Å². The molecule has 0 amide bonds. The van der Waals surface area contributed by atoms with E-state index in [1.54, 1.807) is 12.3 Å². The smallest absolute Gasteiger partial charge is 0.112 e. The summed E-state index contributed by atoms with van der Waals surface area (Å²) in [6.07, 6.45) is 1.69. The monoisotopic (exact) mass is 212 g/mol. The number of nitrogens with zero attached hydrogens (tertiary/aromatic N) is 2. The van der Waals surface area contributed by atoms with E-state index in [1.165, 1.54) is 0 Å². The van der Waals surface area contributed by atoms with Crippen LogP contribution >= 0.6 is 23.2 Å². The van der Waals surface area contributed by atoms with E-state index in [9.17, 15) is 0 Å². The fraction of sp³-hybridized carbons (Fsp3) is 0.111. The molecular formula is C9H6Cl2N2. The highest BCUT2D eigenvalue weighted by molar-refractivity contribution is 6.38. The first-order valence-electron chi connectivity index (χ1n) is 3.75. The molecule has 0 N–H and O–H groups in total. The molecular weight excluding hydrogens is 207 g/mol. The number of hydrogen-bond donors (Lipinski definition) is 0. The van der Waals surface area contributed by atoms with Gasteiger partial charge in [-0.1, -0.05) is 23.2 Å². The number of rotatable bonds is 0. The Morgan fingerprint density at radius 1 is 1.23 bits per heavy atom. The van der Waals surface area contributed by atoms with E-state index in [2.05, 4.69) is 10.2 Å². The van der Waals surface area contributed by atoms with Crippen molar-refractivity contribution >= 4 is 34.1 Å². The molecule has 0 aliphatic heterocycles. The zero-order valence-corrected chi connectivity index (χ0v) is 8.39. The van der Waals surface area contributed by atoms with Crippen molar-refractivity contribution in [2.75, 3.05) is 0 Å². The van der Waals surface area contributed by atoms with Crippen LogP contribution in [0.15, 0.2) is 18.3 Å². The molecule has 0 aliphatic carbocycles. The topological polar surface area (TPSA) is 25.8 Å². The van der Waals surface area contributed by atoms with Crippen LogP contribution in [0.3, 0.4) is 0 Å². The summed E-state index contributed by atoms with van der Waals surface area (Å²) in [7, 11) is 0. The second kappa shape index (κ2) is 3.13. The Morgan fingerprint density at radius 2 is 2.00 bits per heavy atom. The van der Waals surface area contributed by atoms with Gasteiger partial charge in [0.05, 0.1) is 11.2 Å². The van der Waals surface area contributed by atoms with Crippen LogP contribution in [0, 0.1) is 6.92 Å².